The lowest BCUT2D eigenvalue weighted by molar-refractivity contribution is 0.101. The van der Waals surface area contributed by atoms with Crippen molar-refractivity contribution < 1.29 is 19.8 Å². The minimum atomic E-state index is -0.311. The fourth-order valence-electron chi connectivity index (χ4n) is 5.34. The van der Waals surface area contributed by atoms with Crippen molar-refractivity contribution in [2.24, 2.45) is 0 Å². The standard InChI is InChI=1S/C34H38N6O4/c1-22-27(5-3-7-29(22)38-33(43)31-11-9-24(18-36-31)17-35-14-16-41)28-6-4-8-30(23(28)2)39-34(44)32-12-10-25(19-37-32)20-40-15-13-26(42)21-40/h3-12,18-19,26,35,41-42H,13-17,20-21H2,1-2H3,(H,38,43)(H,39,44)/t26-/m1/s1. The van der Waals surface area contributed by atoms with E-state index in [9.17, 15) is 14.7 Å². The summed E-state index contributed by atoms with van der Waals surface area (Å²) < 4.78 is 0. The molecule has 0 bridgehead atoms. The Bertz CT molecular complexity index is 1610. The van der Waals surface area contributed by atoms with Gasteiger partial charge in [0.2, 0.25) is 0 Å². The number of aliphatic hydroxyl groups is 2. The van der Waals surface area contributed by atoms with Crippen molar-refractivity contribution in [1.29, 1.82) is 0 Å². The summed E-state index contributed by atoms with van der Waals surface area (Å²) in [6.45, 7) is 7.22. The number of aromatic nitrogens is 2. The quantitative estimate of drug-likeness (QED) is 0.165. The summed E-state index contributed by atoms with van der Waals surface area (Å²) in [5.74, 6) is -0.608. The molecule has 2 aromatic carbocycles. The van der Waals surface area contributed by atoms with Gasteiger partial charge in [0.1, 0.15) is 11.4 Å². The molecule has 1 saturated heterocycles. The molecule has 5 N–H and O–H groups in total. The number of pyridine rings is 2. The molecule has 1 atom stereocenters. The maximum absolute atomic E-state index is 13.1. The largest absolute Gasteiger partial charge is 0.395 e. The average Bonchev–Trinajstić information content (AvgIpc) is 3.44. The Labute approximate surface area is 257 Å². The van der Waals surface area contributed by atoms with E-state index in [-0.39, 0.29) is 24.5 Å². The molecule has 228 valence electrons. The minimum absolute atomic E-state index is 0.0593. The number of carbonyl (C=O) groups excluding carboxylic acids is 2. The predicted octanol–water partition coefficient (Wildman–Crippen LogP) is 3.91. The van der Waals surface area contributed by atoms with Crippen LogP contribution in [0, 0.1) is 13.8 Å². The maximum atomic E-state index is 13.1. The molecule has 2 amide bonds. The first-order valence-corrected chi connectivity index (χ1v) is 14.8. The molecular weight excluding hydrogens is 556 g/mol. The molecule has 1 fully saturated rings. The highest BCUT2D eigenvalue weighted by Gasteiger charge is 2.20. The number of aliphatic hydroxyl groups excluding tert-OH is 2. The summed E-state index contributed by atoms with van der Waals surface area (Å²) >= 11 is 0. The summed E-state index contributed by atoms with van der Waals surface area (Å²) in [6.07, 6.45) is 3.87. The van der Waals surface area contributed by atoms with Crippen LogP contribution >= 0.6 is 0 Å². The monoisotopic (exact) mass is 594 g/mol. The van der Waals surface area contributed by atoms with Gasteiger partial charge in [-0.15, -0.1) is 0 Å². The van der Waals surface area contributed by atoms with Gasteiger partial charge in [0, 0.05) is 56.5 Å². The molecule has 0 aliphatic carbocycles. The molecule has 3 heterocycles. The first kappa shape index (κ1) is 31.0. The summed E-state index contributed by atoms with van der Waals surface area (Å²) in [5.41, 5.74) is 7.54. The number of anilines is 2. The number of carbonyl (C=O) groups is 2. The van der Waals surface area contributed by atoms with Crippen molar-refractivity contribution in [3.63, 3.8) is 0 Å². The lowest BCUT2D eigenvalue weighted by Gasteiger charge is -2.17. The zero-order chi connectivity index (χ0) is 31.1. The van der Waals surface area contributed by atoms with Gasteiger partial charge in [0.05, 0.1) is 12.7 Å². The van der Waals surface area contributed by atoms with Crippen LogP contribution in [-0.2, 0) is 13.1 Å². The summed E-state index contributed by atoms with van der Waals surface area (Å²) in [6, 6.07) is 18.6. The van der Waals surface area contributed by atoms with Gasteiger partial charge in [0.15, 0.2) is 0 Å². The number of amides is 2. The molecule has 4 aromatic rings. The van der Waals surface area contributed by atoms with Crippen LogP contribution in [0.4, 0.5) is 11.4 Å². The molecular formula is C34H38N6O4. The van der Waals surface area contributed by atoms with Crippen molar-refractivity contribution in [3.05, 3.63) is 107 Å². The minimum Gasteiger partial charge on any atom is -0.395 e. The van der Waals surface area contributed by atoms with Gasteiger partial charge >= 0.3 is 0 Å². The second-order valence-corrected chi connectivity index (χ2v) is 11.0. The highest BCUT2D eigenvalue weighted by Crippen LogP contribution is 2.34. The van der Waals surface area contributed by atoms with Gasteiger partial charge in [-0.2, -0.15) is 0 Å². The zero-order valence-corrected chi connectivity index (χ0v) is 25.0. The number of benzene rings is 2. The zero-order valence-electron chi connectivity index (χ0n) is 25.0. The van der Waals surface area contributed by atoms with Gasteiger partial charge in [-0.1, -0.05) is 36.4 Å². The molecule has 44 heavy (non-hydrogen) atoms. The van der Waals surface area contributed by atoms with E-state index < -0.39 is 0 Å². The number of likely N-dealkylation sites (tertiary alicyclic amines) is 1. The van der Waals surface area contributed by atoms with Crippen molar-refractivity contribution in [2.75, 3.05) is 36.9 Å². The number of rotatable bonds is 11. The first-order chi connectivity index (χ1) is 21.3. The van der Waals surface area contributed by atoms with Gasteiger partial charge in [-0.3, -0.25) is 24.5 Å². The van der Waals surface area contributed by atoms with Crippen LogP contribution in [0.15, 0.2) is 73.1 Å². The van der Waals surface area contributed by atoms with Crippen LogP contribution in [0.25, 0.3) is 11.1 Å². The molecule has 0 spiro atoms. The number of nitrogens with zero attached hydrogens (tertiary/aromatic N) is 3. The molecule has 0 saturated carbocycles. The molecule has 10 heteroatoms. The van der Waals surface area contributed by atoms with Crippen LogP contribution in [0.1, 0.15) is 49.7 Å². The van der Waals surface area contributed by atoms with Crippen LogP contribution in [0.5, 0.6) is 0 Å². The number of β-amino-alcohol motifs (C(OH)–C–C–N with tert-alkyl or cyclic N) is 1. The van der Waals surface area contributed by atoms with E-state index in [1.807, 2.05) is 62.4 Å². The fourth-order valence-corrected chi connectivity index (χ4v) is 5.34. The molecule has 0 radical (unpaired) electrons. The van der Waals surface area contributed by atoms with Crippen molar-refractivity contribution >= 4 is 23.2 Å². The Morgan fingerprint density at radius 3 is 1.89 bits per heavy atom. The molecule has 1 aliphatic rings. The third-order valence-corrected chi connectivity index (χ3v) is 7.84. The predicted molar refractivity (Wildman–Crippen MR) is 170 cm³/mol. The summed E-state index contributed by atoms with van der Waals surface area (Å²) in [4.78, 5) is 36.9. The van der Waals surface area contributed by atoms with Crippen LogP contribution < -0.4 is 16.0 Å². The van der Waals surface area contributed by atoms with E-state index in [4.69, 9.17) is 5.11 Å². The smallest absolute Gasteiger partial charge is 0.274 e. The van der Waals surface area contributed by atoms with Crippen LogP contribution in [0.3, 0.4) is 0 Å². The highest BCUT2D eigenvalue weighted by atomic mass is 16.3. The first-order valence-electron chi connectivity index (χ1n) is 14.8. The van der Waals surface area contributed by atoms with Crippen molar-refractivity contribution in [3.8, 4) is 11.1 Å². The Morgan fingerprint density at radius 2 is 1.41 bits per heavy atom. The Hall–Kier alpha value is -4.48. The van der Waals surface area contributed by atoms with E-state index >= 15 is 0 Å². The molecule has 0 unspecified atom stereocenters. The van der Waals surface area contributed by atoms with E-state index in [1.165, 1.54) is 0 Å². The maximum Gasteiger partial charge on any atom is 0.274 e. The highest BCUT2D eigenvalue weighted by molar-refractivity contribution is 6.05. The van der Waals surface area contributed by atoms with E-state index in [0.29, 0.717) is 48.9 Å². The van der Waals surface area contributed by atoms with Crippen molar-refractivity contribution in [2.45, 2.75) is 39.5 Å². The summed E-state index contributed by atoms with van der Waals surface area (Å²) in [5, 5.41) is 27.7. The third kappa shape index (κ3) is 7.53. The molecule has 5 rings (SSSR count). The van der Waals surface area contributed by atoms with Crippen LogP contribution in [0.2, 0.25) is 0 Å². The van der Waals surface area contributed by atoms with E-state index in [1.54, 1.807) is 24.5 Å². The van der Waals surface area contributed by atoms with Gasteiger partial charge in [0.25, 0.3) is 11.8 Å². The topological polar surface area (TPSA) is 140 Å². The van der Waals surface area contributed by atoms with Gasteiger partial charge in [-0.05, 0) is 77.9 Å². The van der Waals surface area contributed by atoms with E-state index in [0.717, 1.165) is 46.3 Å². The Balaban J connectivity index is 1.26. The molecule has 2 aromatic heterocycles. The normalized spacial score (nSPS) is 14.9. The Kier molecular flexibility index (Phi) is 10.1. The number of hydrogen-bond acceptors (Lipinski definition) is 8. The van der Waals surface area contributed by atoms with E-state index in [2.05, 4.69) is 30.8 Å². The molecule has 10 nitrogen and oxygen atoms in total. The number of nitrogens with one attached hydrogen (secondary N) is 3. The van der Waals surface area contributed by atoms with Gasteiger partial charge < -0.3 is 26.2 Å². The van der Waals surface area contributed by atoms with Gasteiger partial charge in [-0.25, -0.2) is 0 Å². The lowest BCUT2D eigenvalue weighted by atomic mass is 9.94. The average molecular weight is 595 g/mol. The lowest BCUT2D eigenvalue weighted by Crippen LogP contribution is -2.21. The van der Waals surface area contributed by atoms with Crippen molar-refractivity contribution in [1.82, 2.24) is 20.2 Å². The van der Waals surface area contributed by atoms with Crippen LogP contribution in [-0.4, -0.2) is 69.2 Å². The Morgan fingerprint density at radius 1 is 0.841 bits per heavy atom. The number of hydrogen-bond donors (Lipinski definition) is 5. The third-order valence-electron chi connectivity index (χ3n) is 7.84. The second kappa shape index (κ2) is 14.3. The summed E-state index contributed by atoms with van der Waals surface area (Å²) in [7, 11) is 0. The second-order valence-electron chi connectivity index (χ2n) is 11.0. The fraction of sp³-hybridized carbons (Fsp3) is 0.294. The molecule has 1 aliphatic heterocycles. The SMILES string of the molecule is Cc1c(NC(=O)c2ccc(CNCCO)cn2)cccc1-c1cccc(NC(=O)c2ccc(CN3CC[C@@H](O)C3)cn2)c1C.